The van der Waals surface area contributed by atoms with Gasteiger partial charge in [-0.2, -0.15) is 5.26 Å². The van der Waals surface area contributed by atoms with Crippen LogP contribution in [0.4, 0.5) is 0 Å². The molecule has 4 heteroatoms. The summed E-state index contributed by atoms with van der Waals surface area (Å²) in [5.41, 5.74) is 1.30. The van der Waals surface area contributed by atoms with Crippen LogP contribution in [0.5, 0.6) is 0 Å². The Hall–Kier alpha value is -1.21. The van der Waals surface area contributed by atoms with Crippen LogP contribution >= 0.6 is 0 Å². The molecule has 86 valence electrons. The van der Waals surface area contributed by atoms with E-state index < -0.39 is 10.8 Å². The first-order valence-corrected chi connectivity index (χ1v) is 6.65. The van der Waals surface area contributed by atoms with Crippen molar-refractivity contribution in [1.29, 1.82) is 5.26 Å². The van der Waals surface area contributed by atoms with Crippen molar-refractivity contribution >= 4 is 10.8 Å². The third kappa shape index (κ3) is 3.42. The number of nitriles is 1. The lowest BCUT2D eigenvalue weighted by atomic mass is 10.2. The molecule has 0 aromatic carbocycles. The van der Waals surface area contributed by atoms with E-state index in [-0.39, 0.29) is 5.25 Å². The lowest BCUT2D eigenvalue weighted by molar-refractivity contribution is 0.605. The maximum Gasteiger partial charge on any atom is 0.140 e. The Morgan fingerprint density at radius 2 is 2.19 bits per heavy atom. The van der Waals surface area contributed by atoms with Gasteiger partial charge in [0.2, 0.25) is 0 Å². The first-order valence-electron chi connectivity index (χ1n) is 5.26. The number of hydrogen-bond acceptors (Lipinski definition) is 3. The maximum atomic E-state index is 12.0. The molecule has 3 nitrogen and oxygen atoms in total. The molecule has 0 spiro atoms. The summed E-state index contributed by atoms with van der Waals surface area (Å²) in [5, 5.41) is 8.87. The van der Waals surface area contributed by atoms with Crippen molar-refractivity contribution in [2.45, 2.75) is 31.8 Å². The molecule has 2 atom stereocenters. The minimum atomic E-state index is -0.893. The molecule has 1 rings (SSSR count). The highest BCUT2D eigenvalue weighted by Crippen LogP contribution is 2.13. The van der Waals surface area contributed by atoms with E-state index in [1.807, 2.05) is 19.1 Å². The highest BCUT2D eigenvalue weighted by Gasteiger charge is 2.15. The normalized spacial score (nSPS) is 14.4. The Morgan fingerprint density at radius 3 is 2.75 bits per heavy atom. The van der Waals surface area contributed by atoms with Gasteiger partial charge in [0.05, 0.1) is 0 Å². The summed E-state index contributed by atoms with van der Waals surface area (Å²) in [6.45, 7) is 6.12. The van der Waals surface area contributed by atoms with Gasteiger partial charge in [-0.3, -0.25) is 4.21 Å². The predicted octanol–water partition coefficient (Wildman–Crippen LogP) is 2.25. The highest BCUT2D eigenvalue weighted by atomic mass is 32.2. The lowest BCUT2D eigenvalue weighted by Crippen LogP contribution is -2.19. The van der Waals surface area contributed by atoms with Crippen molar-refractivity contribution in [2.75, 3.05) is 0 Å². The van der Waals surface area contributed by atoms with E-state index in [0.29, 0.717) is 17.4 Å². The lowest BCUT2D eigenvalue weighted by Gasteiger charge is -2.14. The summed E-state index contributed by atoms with van der Waals surface area (Å²) in [6.07, 6.45) is 1.59. The first kappa shape index (κ1) is 12.9. The van der Waals surface area contributed by atoms with E-state index in [4.69, 9.17) is 5.26 Å². The van der Waals surface area contributed by atoms with Gasteiger partial charge in [-0.25, -0.2) is 4.98 Å². The fourth-order valence-electron chi connectivity index (χ4n) is 1.22. The Balaban J connectivity index is 2.74. The summed E-state index contributed by atoms with van der Waals surface area (Å²) >= 11 is 0. The average Bonchev–Trinajstić information content (AvgIpc) is 2.28. The van der Waals surface area contributed by atoms with E-state index in [9.17, 15) is 4.21 Å². The number of hydrogen-bond donors (Lipinski definition) is 0. The Kier molecular flexibility index (Phi) is 4.63. The highest BCUT2D eigenvalue weighted by molar-refractivity contribution is 7.84. The van der Waals surface area contributed by atoms with Gasteiger partial charge in [0.1, 0.15) is 11.8 Å². The quantitative estimate of drug-likeness (QED) is 0.805. The van der Waals surface area contributed by atoms with Crippen LogP contribution in [0.1, 0.15) is 32.0 Å². The molecule has 0 aliphatic rings. The SMILES string of the molecule is CC(C)C(C)S(=O)Cc1ccnc(C#N)c1. The smallest absolute Gasteiger partial charge is 0.140 e. The molecule has 0 aliphatic carbocycles. The molecule has 0 N–H and O–H groups in total. The Bertz CT molecular complexity index is 423. The summed E-state index contributed by atoms with van der Waals surface area (Å²) in [7, 11) is -0.893. The minimum Gasteiger partial charge on any atom is -0.259 e. The molecule has 1 aromatic rings. The number of nitrogens with zero attached hydrogens (tertiary/aromatic N) is 2. The van der Waals surface area contributed by atoms with Crippen molar-refractivity contribution in [2.24, 2.45) is 5.92 Å². The van der Waals surface area contributed by atoms with Crippen LogP contribution < -0.4 is 0 Å². The predicted molar refractivity (Wildman–Crippen MR) is 65.1 cm³/mol. The van der Waals surface area contributed by atoms with Crippen molar-refractivity contribution < 1.29 is 4.21 Å². The van der Waals surface area contributed by atoms with E-state index in [1.165, 1.54) is 0 Å². The van der Waals surface area contributed by atoms with E-state index >= 15 is 0 Å². The maximum absolute atomic E-state index is 12.0. The second kappa shape index (κ2) is 5.76. The van der Waals surface area contributed by atoms with Gasteiger partial charge in [-0.1, -0.05) is 20.8 Å². The van der Waals surface area contributed by atoms with Gasteiger partial charge >= 0.3 is 0 Å². The summed E-state index contributed by atoms with van der Waals surface area (Å²) in [6, 6.07) is 5.49. The molecule has 0 amide bonds. The number of pyridine rings is 1. The second-order valence-electron chi connectivity index (χ2n) is 4.14. The number of rotatable bonds is 4. The summed E-state index contributed by atoms with van der Waals surface area (Å²) in [5.74, 6) is 0.898. The summed E-state index contributed by atoms with van der Waals surface area (Å²) < 4.78 is 12.0. The van der Waals surface area contributed by atoms with Crippen molar-refractivity contribution in [3.05, 3.63) is 29.6 Å². The molecule has 0 aliphatic heterocycles. The third-order valence-corrected chi connectivity index (χ3v) is 4.59. The van der Waals surface area contributed by atoms with Crippen LogP contribution in [0.15, 0.2) is 18.3 Å². The van der Waals surface area contributed by atoms with Crippen LogP contribution in [0, 0.1) is 17.2 Å². The Morgan fingerprint density at radius 1 is 1.50 bits per heavy atom. The minimum absolute atomic E-state index is 0.165. The van der Waals surface area contributed by atoms with Gasteiger partial charge in [0.15, 0.2) is 0 Å². The molecule has 0 fully saturated rings. The monoisotopic (exact) mass is 236 g/mol. The zero-order valence-corrected chi connectivity index (χ0v) is 10.6. The Labute approximate surface area is 99.0 Å². The van der Waals surface area contributed by atoms with Gasteiger partial charge in [0.25, 0.3) is 0 Å². The van der Waals surface area contributed by atoms with Crippen molar-refractivity contribution in [1.82, 2.24) is 4.98 Å². The molecule has 16 heavy (non-hydrogen) atoms. The van der Waals surface area contributed by atoms with Crippen molar-refractivity contribution in [3.63, 3.8) is 0 Å². The zero-order valence-electron chi connectivity index (χ0n) is 9.80. The molecule has 0 bridgehead atoms. The zero-order chi connectivity index (χ0) is 12.1. The van der Waals surface area contributed by atoms with Gasteiger partial charge in [-0.15, -0.1) is 0 Å². The fraction of sp³-hybridized carbons (Fsp3) is 0.500. The number of aromatic nitrogens is 1. The molecule has 0 saturated heterocycles. The van der Waals surface area contributed by atoms with E-state index in [2.05, 4.69) is 18.8 Å². The molecular weight excluding hydrogens is 220 g/mol. The van der Waals surface area contributed by atoms with Crippen LogP contribution in [0.2, 0.25) is 0 Å². The largest absolute Gasteiger partial charge is 0.259 e. The standard InChI is InChI=1S/C12H16N2OS/c1-9(2)10(3)16(15)8-11-4-5-14-12(6-11)7-13/h4-6,9-10H,8H2,1-3H3. The molecule has 2 unspecified atom stereocenters. The van der Waals surface area contributed by atoms with E-state index in [0.717, 1.165) is 5.56 Å². The van der Waals surface area contributed by atoms with Gasteiger partial charge < -0.3 is 0 Å². The topological polar surface area (TPSA) is 53.8 Å². The van der Waals surface area contributed by atoms with Crippen LogP contribution in [-0.4, -0.2) is 14.4 Å². The van der Waals surface area contributed by atoms with Gasteiger partial charge in [0, 0.05) is 28.0 Å². The second-order valence-corrected chi connectivity index (χ2v) is 5.93. The molecular formula is C12H16N2OS. The van der Waals surface area contributed by atoms with Crippen LogP contribution in [-0.2, 0) is 16.6 Å². The molecule has 1 aromatic heterocycles. The van der Waals surface area contributed by atoms with Crippen LogP contribution in [0.25, 0.3) is 0 Å². The van der Waals surface area contributed by atoms with Crippen LogP contribution in [0.3, 0.4) is 0 Å². The first-order chi connectivity index (χ1) is 7.54. The molecule has 1 heterocycles. The fourth-order valence-corrected chi connectivity index (χ4v) is 2.60. The third-order valence-electron chi connectivity index (χ3n) is 2.60. The molecule has 0 radical (unpaired) electrons. The van der Waals surface area contributed by atoms with Gasteiger partial charge in [-0.05, 0) is 23.6 Å². The average molecular weight is 236 g/mol. The van der Waals surface area contributed by atoms with E-state index in [1.54, 1.807) is 12.3 Å². The van der Waals surface area contributed by atoms with Crippen molar-refractivity contribution in [3.8, 4) is 6.07 Å². The molecule has 0 saturated carbocycles. The summed E-state index contributed by atoms with van der Waals surface area (Å²) in [4.78, 5) is 3.89.